The van der Waals surface area contributed by atoms with E-state index in [0.717, 1.165) is 23.9 Å². The molecule has 0 spiro atoms. The number of nitrogen functional groups attached to an aromatic ring is 2. The Hall–Kier alpha value is -2.11. The van der Waals surface area contributed by atoms with Crippen LogP contribution in [0.25, 0.3) is 11.4 Å². The van der Waals surface area contributed by atoms with Crippen molar-refractivity contribution in [2.45, 2.75) is 32.7 Å². The molecule has 1 aliphatic rings. The molecule has 106 valence electrons. The van der Waals surface area contributed by atoms with Crippen molar-refractivity contribution in [2.24, 2.45) is 11.8 Å². The van der Waals surface area contributed by atoms with Gasteiger partial charge in [-0.05, 0) is 46.9 Å². The van der Waals surface area contributed by atoms with Gasteiger partial charge in [0.25, 0.3) is 0 Å². The molecule has 1 saturated carbocycles. The molecule has 3 rings (SSSR count). The van der Waals surface area contributed by atoms with Gasteiger partial charge in [0.2, 0.25) is 0 Å². The number of benzene rings is 1. The standard InChI is InChI=1S/C14H20N6/c1-9-3-2-4-10(9)8-20-14(17-18-19-20)11-5-12(15)7-13(16)6-11/h5-7,9-10H,2-4,8,15-16H2,1H3. The van der Waals surface area contributed by atoms with Gasteiger partial charge in [-0.2, -0.15) is 0 Å². The van der Waals surface area contributed by atoms with Crippen LogP contribution in [-0.2, 0) is 6.54 Å². The number of nitrogens with two attached hydrogens (primary N) is 2. The highest BCUT2D eigenvalue weighted by atomic mass is 15.5. The van der Waals surface area contributed by atoms with Crippen molar-refractivity contribution >= 4 is 11.4 Å². The number of aromatic nitrogens is 4. The summed E-state index contributed by atoms with van der Waals surface area (Å²) in [7, 11) is 0. The van der Waals surface area contributed by atoms with E-state index in [1.54, 1.807) is 6.07 Å². The second-order valence-corrected chi connectivity index (χ2v) is 5.74. The van der Waals surface area contributed by atoms with Crippen molar-refractivity contribution in [3.05, 3.63) is 18.2 Å². The predicted molar refractivity (Wildman–Crippen MR) is 78.6 cm³/mol. The van der Waals surface area contributed by atoms with Gasteiger partial charge in [-0.3, -0.25) is 0 Å². The van der Waals surface area contributed by atoms with Crippen LogP contribution in [0.5, 0.6) is 0 Å². The zero-order valence-corrected chi connectivity index (χ0v) is 11.7. The highest BCUT2D eigenvalue weighted by molar-refractivity contribution is 5.67. The minimum Gasteiger partial charge on any atom is -0.399 e. The van der Waals surface area contributed by atoms with Crippen LogP contribution in [0.15, 0.2) is 18.2 Å². The maximum absolute atomic E-state index is 5.84. The second kappa shape index (κ2) is 5.11. The maximum Gasteiger partial charge on any atom is 0.182 e. The molecule has 0 bridgehead atoms. The first-order valence-electron chi connectivity index (χ1n) is 7.06. The quantitative estimate of drug-likeness (QED) is 0.832. The van der Waals surface area contributed by atoms with Gasteiger partial charge in [-0.25, -0.2) is 4.68 Å². The third-order valence-electron chi connectivity index (χ3n) is 4.21. The summed E-state index contributed by atoms with van der Waals surface area (Å²) in [6.07, 6.45) is 3.85. The highest BCUT2D eigenvalue weighted by Crippen LogP contribution is 2.33. The van der Waals surface area contributed by atoms with E-state index < -0.39 is 0 Å². The van der Waals surface area contributed by atoms with Crippen LogP contribution in [0.2, 0.25) is 0 Å². The minimum atomic E-state index is 0.629. The molecule has 0 aliphatic heterocycles. The Morgan fingerprint density at radius 2 is 1.95 bits per heavy atom. The molecule has 0 amide bonds. The van der Waals surface area contributed by atoms with Gasteiger partial charge in [0.05, 0.1) is 0 Å². The third kappa shape index (κ3) is 2.45. The van der Waals surface area contributed by atoms with E-state index in [-0.39, 0.29) is 0 Å². The van der Waals surface area contributed by atoms with E-state index in [1.165, 1.54) is 19.3 Å². The minimum absolute atomic E-state index is 0.629. The van der Waals surface area contributed by atoms with Crippen molar-refractivity contribution in [3.63, 3.8) is 0 Å². The van der Waals surface area contributed by atoms with E-state index in [4.69, 9.17) is 11.5 Å². The maximum atomic E-state index is 5.84. The van der Waals surface area contributed by atoms with Crippen molar-refractivity contribution in [1.29, 1.82) is 0 Å². The fourth-order valence-corrected chi connectivity index (χ4v) is 3.06. The highest BCUT2D eigenvalue weighted by Gasteiger charge is 2.25. The van der Waals surface area contributed by atoms with E-state index in [1.807, 2.05) is 16.8 Å². The summed E-state index contributed by atoms with van der Waals surface area (Å²) in [6.45, 7) is 3.17. The van der Waals surface area contributed by atoms with Crippen LogP contribution in [0.3, 0.4) is 0 Å². The topological polar surface area (TPSA) is 95.6 Å². The molecule has 1 fully saturated rings. The Bertz CT molecular complexity index is 585. The lowest BCUT2D eigenvalue weighted by Crippen LogP contribution is -2.15. The summed E-state index contributed by atoms with van der Waals surface area (Å²) in [4.78, 5) is 0. The first-order chi connectivity index (χ1) is 9.63. The van der Waals surface area contributed by atoms with Crippen molar-refractivity contribution in [2.75, 3.05) is 11.5 Å². The second-order valence-electron chi connectivity index (χ2n) is 5.74. The Morgan fingerprint density at radius 3 is 2.60 bits per heavy atom. The number of anilines is 2. The summed E-state index contributed by atoms with van der Waals surface area (Å²) >= 11 is 0. The van der Waals surface area contributed by atoms with Gasteiger partial charge >= 0.3 is 0 Å². The van der Waals surface area contributed by atoms with Crippen LogP contribution in [0, 0.1) is 11.8 Å². The summed E-state index contributed by atoms with van der Waals surface area (Å²) in [5.74, 6) is 2.12. The van der Waals surface area contributed by atoms with Crippen LogP contribution in [0.4, 0.5) is 11.4 Å². The average molecular weight is 272 g/mol. The summed E-state index contributed by atoms with van der Waals surface area (Å²) in [5.41, 5.74) is 13.8. The summed E-state index contributed by atoms with van der Waals surface area (Å²) < 4.78 is 1.88. The van der Waals surface area contributed by atoms with Gasteiger partial charge in [0.1, 0.15) is 0 Å². The first kappa shape index (κ1) is 12.9. The molecule has 6 heteroatoms. The molecule has 1 aromatic heterocycles. The monoisotopic (exact) mass is 272 g/mol. The molecular formula is C14H20N6. The molecule has 0 saturated heterocycles. The molecule has 4 N–H and O–H groups in total. The molecule has 2 atom stereocenters. The van der Waals surface area contributed by atoms with Gasteiger partial charge in [0.15, 0.2) is 5.82 Å². The largest absolute Gasteiger partial charge is 0.399 e. The van der Waals surface area contributed by atoms with Crippen molar-refractivity contribution < 1.29 is 0 Å². The van der Waals surface area contributed by atoms with E-state index >= 15 is 0 Å². The van der Waals surface area contributed by atoms with Crippen LogP contribution in [0.1, 0.15) is 26.2 Å². The Balaban J connectivity index is 1.89. The van der Waals surface area contributed by atoms with Crippen LogP contribution in [-0.4, -0.2) is 20.2 Å². The summed E-state index contributed by atoms with van der Waals surface area (Å²) in [6, 6.07) is 5.45. The van der Waals surface area contributed by atoms with Gasteiger partial charge in [-0.15, -0.1) is 5.10 Å². The molecule has 1 aliphatic carbocycles. The molecule has 2 aromatic rings. The number of hydrogen-bond acceptors (Lipinski definition) is 5. The molecule has 0 radical (unpaired) electrons. The lowest BCUT2D eigenvalue weighted by Gasteiger charge is -2.15. The lowest BCUT2D eigenvalue weighted by molar-refractivity contribution is 0.346. The van der Waals surface area contributed by atoms with E-state index in [9.17, 15) is 0 Å². The fraction of sp³-hybridized carbons (Fsp3) is 0.500. The zero-order valence-electron chi connectivity index (χ0n) is 11.7. The van der Waals surface area contributed by atoms with E-state index in [0.29, 0.717) is 17.3 Å². The van der Waals surface area contributed by atoms with Crippen molar-refractivity contribution in [1.82, 2.24) is 20.2 Å². The predicted octanol–water partition coefficient (Wildman–Crippen LogP) is 1.94. The average Bonchev–Trinajstić information content (AvgIpc) is 2.99. The Morgan fingerprint density at radius 1 is 1.20 bits per heavy atom. The summed E-state index contributed by atoms with van der Waals surface area (Å²) in [5, 5.41) is 12.1. The van der Waals surface area contributed by atoms with Gasteiger partial charge < -0.3 is 11.5 Å². The lowest BCUT2D eigenvalue weighted by atomic mass is 9.98. The van der Waals surface area contributed by atoms with E-state index in [2.05, 4.69) is 22.4 Å². The smallest absolute Gasteiger partial charge is 0.182 e. The fourth-order valence-electron chi connectivity index (χ4n) is 3.06. The van der Waals surface area contributed by atoms with Crippen molar-refractivity contribution in [3.8, 4) is 11.4 Å². The number of hydrogen-bond donors (Lipinski definition) is 2. The molecule has 1 aromatic carbocycles. The number of nitrogens with zero attached hydrogens (tertiary/aromatic N) is 4. The first-order valence-corrected chi connectivity index (χ1v) is 7.06. The number of rotatable bonds is 3. The number of tetrazole rings is 1. The van der Waals surface area contributed by atoms with Gasteiger partial charge in [-0.1, -0.05) is 19.8 Å². The SMILES string of the molecule is CC1CCCC1Cn1nnnc1-c1cc(N)cc(N)c1. The molecule has 1 heterocycles. The van der Waals surface area contributed by atoms with Crippen LogP contribution < -0.4 is 11.5 Å². The zero-order chi connectivity index (χ0) is 14.1. The van der Waals surface area contributed by atoms with Gasteiger partial charge in [0, 0.05) is 23.5 Å². The Kier molecular flexibility index (Phi) is 3.30. The molecule has 2 unspecified atom stereocenters. The molecule has 6 nitrogen and oxygen atoms in total. The molecular weight excluding hydrogens is 252 g/mol. The normalized spacial score (nSPS) is 22.2. The van der Waals surface area contributed by atoms with Crippen LogP contribution >= 0.6 is 0 Å². The third-order valence-corrected chi connectivity index (χ3v) is 4.21. The Labute approximate surface area is 118 Å². The molecule has 20 heavy (non-hydrogen) atoms.